The summed E-state index contributed by atoms with van der Waals surface area (Å²) < 4.78 is 21.7. The summed E-state index contributed by atoms with van der Waals surface area (Å²) in [6.45, 7) is 5.90. The maximum absolute atomic E-state index is 15.2. The molecular formula is C40H29FN2O. The van der Waals surface area contributed by atoms with Crippen LogP contribution in [0.15, 0.2) is 126 Å². The SMILES string of the molecule is CC(C)(C)c1cnc(-c2cccc3c2oc2c(-c4ccc(-c5cccc(-c6ccccc6)c5)cc4)c(C#N)ccc23)cc1F. The number of nitrogens with zero attached hydrogens (tertiary/aromatic N) is 2. The second kappa shape index (κ2) is 10.6. The van der Waals surface area contributed by atoms with Crippen molar-refractivity contribution in [2.45, 2.75) is 26.2 Å². The molecule has 0 aliphatic rings. The Morgan fingerprint density at radius 2 is 1.30 bits per heavy atom. The Morgan fingerprint density at radius 3 is 1.98 bits per heavy atom. The molecule has 44 heavy (non-hydrogen) atoms. The lowest BCUT2D eigenvalue weighted by molar-refractivity contribution is 0.520. The molecule has 0 saturated carbocycles. The van der Waals surface area contributed by atoms with E-state index in [0.717, 1.165) is 38.6 Å². The number of aromatic nitrogens is 1. The second-order valence-electron chi connectivity index (χ2n) is 12.1. The molecule has 7 aromatic rings. The summed E-state index contributed by atoms with van der Waals surface area (Å²) in [4.78, 5) is 4.62. The fourth-order valence-electron chi connectivity index (χ4n) is 5.91. The molecule has 0 bridgehead atoms. The topological polar surface area (TPSA) is 49.8 Å². The van der Waals surface area contributed by atoms with Crippen LogP contribution in [-0.2, 0) is 5.41 Å². The Bertz CT molecular complexity index is 2220. The van der Waals surface area contributed by atoms with Crippen LogP contribution in [0.25, 0.3) is 66.6 Å². The molecule has 0 atom stereocenters. The van der Waals surface area contributed by atoms with Gasteiger partial charge in [-0.05, 0) is 57.5 Å². The van der Waals surface area contributed by atoms with Crippen molar-refractivity contribution < 1.29 is 8.81 Å². The summed E-state index contributed by atoms with van der Waals surface area (Å²) in [5.74, 6) is -0.294. The first-order valence-electron chi connectivity index (χ1n) is 14.6. The number of hydrogen-bond donors (Lipinski definition) is 0. The number of halogens is 1. The van der Waals surface area contributed by atoms with E-state index in [2.05, 4.69) is 59.6 Å². The van der Waals surface area contributed by atoms with Gasteiger partial charge in [-0.1, -0.05) is 106 Å². The summed E-state index contributed by atoms with van der Waals surface area (Å²) in [6.07, 6.45) is 1.61. The molecule has 4 heteroatoms. The van der Waals surface area contributed by atoms with Crippen LogP contribution in [0.4, 0.5) is 4.39 Å². The fourth-order valence-corrected chi connectivity index (χ4v) is 5.91. The minimum atomic E-state index is -0.357. The summed E-state index contributed by atoms with van der Waals surface area (Å²) in [7, 11) is 0. The van der Waals surface area contributed by atoms with E-state index >= 15 is 4.39 Å². The van der Waals surface area contributed by atoms with Crippen molar-refractivity contribution in [3.63, 3.8) is 0 Å². The summed E-state index contributed by atoms with van der Waals surface area (Å²) in [5, 5.41) is 11.9. The summed E-state index contributed by atoms with van der Waals surface area (Å²) in [5.41, 5.74) is 9.31. The smallest absolute Gasteiger partial charge is 0.144 e. The molecule has 3 nitrogen and oxygen atoms in total. The lowest BCUT2D eigenvalue weighted by atomic mass is 9.87. The highest BCUT2D eigenvalue weighted by Crippen LogP contribution is 2.42. The molecule has 0 aliphatic heterocycles. The van der Waals surface area contributed by atoms with Crippen LogP contribution >= 0.6 is 0 Å². The molecule has 0 saturated heterocycles. The molecule has 0 aliphatic carbocycles. The molecule has 2 heterocycles. The molecule has 0 unspecified atom stereocenters. The molecular weight excluding hydrogens is 543 g/mol. The molecule has 0 spiro atoms. The van der Waals surface area contributed by atoms with Gasteiger partial charge in [0.1, 0.15) is 17.0 Å². The van der Waals surface area contributed by atoms with Crippen LogP contribution in [0.2, 0.25) is 0 Å². The average molecular weight is 573 g/mol. The number of rotatable bonds is 4. The maximum atomic E-state index is 15.2. The lowest BCUT2D eigenvalue weighted by Gasteiger charge is -2.19. The first kappa shape index (κ1) is 27.3. The van der Waals surface area contributed by atoms with Crippen molar-refractivity contribution in [1.29, 1.82) is 5.26 Å². The van der Waals surface area contributed by atoms with Gasteiger partial charge in [-0.2, -0.15) is 5.26 Å². The van der Waals surface area contributed by atoms with E-state index in [9.17, 15) is 5.26 Å². The van der Waals surface area contributed by atoms with Crippen molar-refractivity contribution in [2.75, 3.05) is 0 Å². The monoisotopic (exact) mass is 572 g/mol. The lowest BCUT2D eigenvalue weighted by Crippen LogP contribution is -2.14. The zero-order valence-electron chi connectivity index (χ0n) is 24.7. The number of benzene rings is 5. The van der Waals surface area contributed by atoms with Gasteiger partial charge < -0.3 is 4.42 Å². The van der Waals surface area contributed by atoms with Gasteiger partial charge in [-0.25, -0.2) is 4.39 Å². The quantitative estimate of drug-likeness (QED) is 0.211. The van der Waals surface area contributed by atoms with E-state index in [1.807, 2.05) is 81.4 Å². The first-order chi connectivity index (χ1) is 21.3. The van der Waals surface area contributed by atoms with E-state index in [-0.39, 0.29) is 11.2 Å². The highest BCUT2D eigenvalue weighted by Gasteiger charge is 2.22. The van der Waals surface area contributed by atoms with Gasteiger partial charge in [0.2, 0.25) is 0 Å². The number of pyridine rings is 1. The third-order valence-corrected chi connectivity index (χ3v) is 8.20. The largest absolute Gasteiger partial charge is 0.455 e. The van der Waals surface area contributed by atoms with Gasteiger partial charge in [0.15, 0.2) is 0 Å². The van der Waals surface area contributed by atoms with Crippen molar-refractivity contribution >= 4 is 21.9 Å². The van der Waals surface area contributed by atoms with Gasteiger partial charge in [0, 0.05) is 39.7 Å². The fraction of sp³-hybridized carbons (Fsp3) is 0.100. The highest BCUT2D eigenvalue weighted by molar-refractivity contribution is 6.13. The summed E-state index contributed by atoms with van der Waals surface area (Å²) in [6, 6.07) is 40.5. The third-order valence-electron chi connectivity index (χ3n) is 8.20. The molecule has 0 fully saturated rings. The highest BCUT2D eigenvalue weighted by atomic mass is 19.1. The van der Waals surface area contributed by atoms with E-state index < -0.39 is 0 Å². The van der Waals surface area contributed by atoms with Crippen molar-refractivity contribution in [2.24, 2.45) is 0 Å². The van der Waals surface area contributed by atoms with E-state index in [1.165, 1.54) is 11.6 Å². The number of fused-ring (bicyclic) bond motifs is 3. The zero-order chi connectivity index (χ0) is 30.4. The Hall–Kier alpha value is -5.53. The predicted octanol–water partition coefficient (Wildman–Crippen LogP) is 11.0. The van der Waals surface area contributed by atoms with Gasteiger partial charge in [-0.3, -0.25) is 4.98 Å². The Morgan fingerprint density at radius 1 is 0.659 bits per heavy atom. The molecule has 2 aromatic heterocycles. The standard InChI is InChI=1S/C40H29FN2O/c1-40(2,3)34-24-43-36(22-35(34)41)33-14-8-13-31-32-20-19-30(23-42)37(39(32)44-38(31)33)27-17-15-26(16-18-27)29-12-7-11-28(21-29)25-9-5-4-6-10-25/h4-22,24H,1-3H3. The number of furan rings is 1. The maximum Gasteiger partial charge on any atom is 0.144 e. The molecule has 0 radical (unpaired) electrons. The van der Waals surface area contributed by atoms with Gasteiger partial charge >= 0.3 is 0 Å². The predicted molar refractivity (Wildman–Crippen MR) is 177 cm³/mol. The third kappa shape index (κ3) is 4.73. The molecule has 7 rings (SSSR count). The van der Waals surface area contributed by atoms with E-state index in [0.29, 0.717) is 33.6 Å². The normalized spacial score (nSPS) is 11.6. The van der Waals surface area contributed by atoms with Gasteiger partial charge in [-0.15, -0.1) is 0 Å². The van der Waals surface area contributed by atoms with Crippen LogP contribution in [-0.4, -0.2) is 4.98 Å². The minimum absolute atomic E-state index is 0.294. The number of nitriles is 1. The van der Waals surface area contributed by atoms with Gasteiger partial charge in [0.05, 0.1) is 17.3 Å². The second-order valence-corrected chi connectivity index (χ2v) is 12.1. The van der Waals surface area contributed by atoms with Crippen LogP contribution in [0, 0.1) is 17.1 Å². The summed E-state index contributed by atoms with van der Waals surface area (Å²) >= 11 is 0. The van der Waals surface area contributed by atoms with E-state index in [4.69, 9.17) is 4.42 Å². The average Bonchev–Trinajstić information content (AvgIpc) is 3.43. The number of para-hydroxylation sites is 1. The Labute approximate surface area is 255 Å². The van der Waals surface area contributed by atoms with Crippen LogP contribution in [0.3, 0.4) is 0 Å². The molecule has 0 amide bonds. The van der Waals surface area contributed by atoms with Crippen molar-refractivity contribution in [1.82, 2.24) is 4.98 Å². The van der Waals surface area contributed by atoms with Crippen LogP contribution < -0.4 is 0 Å². The van der Waals surface area contributed by atoms with Crippen LogP contribution in [0.5, 0.6) is 0 Å². The number of hydrogen-bond acceptors (Lipinski definition) is 3. The molecule has 0 N–H and O–H groups in total. The van der Waals surface area contributed by atoms with Crippen molar-refractivity contribution in [3.8, 4) is 50.7 Å². The molecule has 5 aromatic carbocycles. The Kier molecular flexibility index (Phi) is 6.60. The van der Waals surface area contributed by atoms with E-state index in [1.54, 1.807) is 6.20 Å². The van der Waals surface area contributed by atoms with Crippen LogP contribution in [0.1, 0.15) is 31.9 Å². The van der Waals surface area contributed by atoms with Gasteiger partial charge in [0.25, 0.3) is 0 Å². The molecule has 212 valence electrons. The minimum Gasteiger partial charge on any atom is -0.455 e. The first-order valence-corrected chi connectivity index (χ1v) is 14.6. The Balaban J connectivity index is 1.33. The zero-order valence-corrected chi connectivity index (χ0v) is 24.7. The van der Waals surface area contributed by atoms with Crippen molar-refractivity contribution in [3.05, 3.63) is 138 Å².